The molecule has 1 aliphatic carbocycles. The SMILES string of the molecule is CCC(O)(CC)CNc1ncnc2c1CCC2. The van der Waals surface area contributed by atoms with E-state index in [0.29, 0.717) is 6.54 Å². The third-order valence-electron chi connectivity index (χ3n) is 3.78. The zero-order chi connectivity index (χ0) is 12.3. The van der Waals surface area contributed by atoms with Crippen LogP contribution in [0.3, 0.4) is 0 Å². The molecule has 0 unspecified atom stereocenters. The van der Waals surface area contributed by atoms with Crippen LogP contribution in [0.5, 0.6) is 0 Å². The third kappa shape index (κ3) is 2.57. The Hall–Kier alpha value is -1.16. The number of hydrogen-bond acceptors (Lipinski definition) is 4. The first kappa shape index (κ1) is 12.3. The summed E-state index contributed by atoms with van der Waals surface area (Å²) >= 11 is 0. The minimum absolute atomic E-state index is 0.559. The zero-order valence-corrected chi connectivity index (χ0v) is 10.7. The predicted octanol–water partition coefficient (Wildman–Crippen LogP) is 1.93. The molecule has 17 heavy (non-hydrogen) atoms. The average molecular weight is 235 g/mol. The van der Waals surface area contributed by atoms with Crippen LogP contribution in [-0.4, -0.2) is 27.2 Å². The van der Waals surface area contributed by atoms with Crippen LogP contribution in [0.4, 0.5) is 5.82 Å². The molecule has 0 fully saturated rings. The van der Waals surface area contributed by atoms with Crippen molar-refractivity contribution in [2.24, 2.45) is 0 Å². The molecule has 2 rings (SSSR count). The molecule has 94 valence electrons. The predicted molar refractivity (Wildman–Crippen MR) is 68.1 cm³/mol. The van der Waals surface area contributed by atoms with E-state index in [0.717, 1.165) is 37.9 Å². The maximum absolute atomic E-state index is 10.2. The van der Waals surface area contributed by atoms with Crippen molar-refractivity contribution in [3.05, 3.63) is 17.6 Å². The molecule has 4 nitrogen and oxygen atoms in total. The molecule has 0 radical (unpaired) electrons. The van der Waals surface area contributed by atoms with Gasteiger partial charge in [0.2, 0.25) is 0 Å². The van der Waals surface area contributed by atoms with Gasteiger partial charge in [-0.3, -0.25) is 0 Å². The van der Waals surface area contributed by atoms with Crippen LogP contribution in [0, 0.1) is 0 Å². The van der Waals surface area contributed by atoms with Crippen molar-refractivity contribution in [3.8, 4) is 0 Å². The fourth-order valence-electron chi connectivity index (χ4n) is 2.26. The highest BCUT2D eigenvalue weighted by Gasteiger charge is 2.23. The Morgan fingerprint density at radius 1 is 1.29 bits per heavy atom. The van der Waals surface area contributed by atoms with Crippen LogP contribution in [-0.2, 0) is 12.8 Å². The number of aromatic nitrogens is 2. The number of fused-ring (bicyclic) bond motifs is 1. The molecule has 2 N–H and O–H groups in total. The summed E-state index contributed by atoms with van der Waals surface area (Å²) in [4.78, 5) is 8.58. The Labute approximate surface area is 102 Å². The van der Waals surface area contributed by atoms with Crippen molar-refractivity contribution in [3.63, 3.8) is 0 Å². The highest BCUT2D eigenvalue weighted by Crippen LogP contribution is 2.26. The van der Waals surface area contributed by atoms with Crippen LogP contribution in [0.2, 0.25) is 0 Å². The Morgan fingerprint density at radius 2 is 2.06 bits per heavy atom. The van der Waals surface area contributed by atoms with E-state index in [2.05, 4.69) is 15.3 Å². The fraction of sp³-hybridized carbons (Fsp3) is 0.692. The van der Waals surface area contributed by atoms with Gasteiger partial charge < -0.3 is 10.4 Å². The van der Waals surface area contributed by atoms with E-state index in [4.69, 9.17) is 0 Å². The Bertz CT molecular complexity index is 388. The van der Waals surface area contributed by atoms with Crippen molar-refractivity contribution in [1.82, 2.24) is 9.97 Å². The first-order valence-electron chi connectivity index (χ1n) is 6.47. The van der Waals surface area contributed by atoms with Gasteiger partial charge in [0.1, 0.15) is 12.1 Å². The lowest BCUT2D eigenvalue weighted by molar-refractivity contribution is 0.0456. The summed E-state index contributed by atoms with van der Waals surface area (Å²) in [5.74, 6) is 0.910. The van der Waals surface area contributed by atoms with Gasteiger partial charge in [0, 0.05) is 17.8 Å². The first-order valence-corrected chi connectivity index (χ1v) is 6.47. The lowest BCUT2D eigenvalue weighted by Crippen LogP contribution is -2.35. The molecule has 0 saturated heterocycles. The van der Waals surface area contributed by atoms with Gasteiger partial charge >= 0.3 is 0 Å². The molecule has 0 amide bonds. The monoisotopic (exact) mass is 235 g/mol. The highest BCUT2D eigenvalue weighted by molar-refractivity contribution is 5.48. The minimum Gasteiger partial charge on any atom is -0.388 e. The number of anilines is 1. The van der Waals surface area contributed by atoms with Crippen molar-refractivity contribution in [2.75, 3.05) is 11.9 Å². The number of rotatable bonds is 5. The number of aliphatic hydroxyl groups is 1. The molecular weight excluding hydrogens is 214 g/mol. The molecule has 1 aromatic rings. The van der Waals surface area contributed by atoms with E-state index in [1.165, 1.54) is 11.3 Å². The van der Waals surface area contributed by atoms with E-state index in [1.54, 1.807) is 6.33 Å². The van der Waals surface area contributed by atoms with Crippen LogP contribution in [0.25, 0.3) is 0 Å². The normalized spacial score (nSPS) is 14.8. The summed E-state index contributed by atoms with van der Waals surface area (Å²) < 4.78 is 0. The largest absolute Gasteiger partial charge is 0.388 e. The first-order chi connectivity index (χ1) is 8.18. The third-order valence-corrected chi connectivity index (χ3v) is 3.78. The van der Waals surface area contributed by atoms with Gasteiger partial charge in [0.25, 0.3) is 0 Å². The molecule has 1 aromatic heterocycles. The summed E-state index contributed by atoms with van der Waals surface area (Å²) in [6, 6.07) is 0. The van der Waals surface area contributed by atoms with Gasteiger partial charge in [-0.1, -0.05) is 13.8 Å². The van der Waals surface area contributed by atoms with E-state index >= 15 is 0 Å². The lowest BCUT2D eigenvalue weighted by atomic mass is 9.97. The van der Waals surface area contributed by atoms with Crippen molar-refractivity contribution >= 4 is 5.82 Å². The Morgan fingerprint density at radius 3 is 2.76 bits per heavy atom. The molecular formula is C13H21N3O. The standard InChI is InChI=1S/C13H21N3O/c1-3-13(17,4-2)8-14-12-10-6-5-7-11(10)15-9-16-12/h9,17H,3-8H2,1-2H3,(H,14,15,16). The molecule has 1 aliphatic rings. The highest BCUT2D eigenvalue weighted by atomic mass is 16.3. The second-order valence-electron chi connectivity index (χ2n) is 4.79. The quantitative estimate of drug-likeness (QED) is 0.818. The maximum Gasteiger partial charge on any atom is 0.132 e. The van der Waals surface area contributed by atoms with Crippen molar-refractivity contribution in [1.29, 1.82) is 0 Å². The van der Waals surface area contributed by atoms with Crippen molar-refractivity contribution in [2.45, 2.75) is 51.6 Å². The zero-order valence-electron chi connectivity index (χ0n) is 10.7. The fourth-order valence-corrected chi connectivity index (χ4v) is 2.26. The van der Waals surface area contributed by atoms with Gasteiger partial charge in [-0.2, -0.15) is 0 Å². The molecule has 0 atom stereocenters. The van der Waals surface area contributed by atoms with Gasteiger partial charge in [0.15, 0.2) is 0 Å². The van der Waals surface area contributed by atoms with Gasteiger partial charge in [-0.25, -0.2) is 9.97 Å². The summed E-state index contributed by atoms with van der Waals surface area (Å²) in [5, 5.41) is 13.5. The smallest absolute Gasteiger partial charge is 0.132 e. The van der Waals surface area contributed by atoms with Gasteiger partial charge in [0.05, 0.1) is 5.60 Å². The lowest BCUT2D eigenvalue weighted by Gasteiger charge is -2.26. The van der Waals surface area contributed by atoms with Gasteiger partial charge in [-0.05, 0) is 32.1 Å². The summed E-state index contributed by atoms with van der Waals surface area (Å²) in [7, 11) is 0. The second-order valence-corrected chi connectivity index (χ2v) is 4.79. The molecule has 1 heterocycles. The average Bonchev–Trinajstić information content (AvgIpc) is 2.84. The molecule has 4 heteroatoms. The summed E-state index contributed by atoms with van der Waals surface area (Å²) in [6.07, 6.45) is 6.39. The number of hydrogen-bond donors (Lipinski definition) is 2. The molecule has 0 aromatic carbocycles. The minimum atomic E-state index is -0.629. The van der Waals surface area contributed by atoms with Crippen LogP contribution >= 0.6 is 0 Å². The summed E-state index contributed by atoms with van der Waals surface area (Å²) in [6.45, 7) is 4.58. The van der Waals surface area contributed by atoms with E-state index in [9.17, 15) is 5.11 Å². The van der Waals surface area contributed by atoms with E-state index < -0.39 is 5.60 Å². The Balaban J connectivity index is 2.07. The molecule has 0 bridgehead atoms. The van der Waals surface area contributed by atoms with E-state index in [1.807, 2.05) is 13.8 Å². The Kier molecular flexibility index (Phi) is 3.62. The van der Waals surface area contributed by atoms with E-state index in [-0.39, 0.29) is 0 Å². The van der Waals surface area contributed by atoms with Crippen LogP contribution < -0.4 is 5.32 Å². The maximum atomic E-state index is 10.2. The molecule has 0 spiro atoms. The number of nitrogens with one attached hydrogen (secondary N) is 1. The molecule has 0 saturated carbocycles. The van der Waals surface area contributed by atoms with Crippen LogP contribution in [0.1, 0.15) is 44.4 Å². The van der Waals surface area contributed by atoms with Crippen LogP contribution in [0.15, 0.2) is 6.33 Å². The van der Waals surface area contributed by atoms with Crippen molar-refractivity contribution < 1.29 is 5.11 Å². The second kappa shape index (κ2) is 5.00. The topological polar surface area (TPSA) is 58.0 Å². The number of nitrogens with zero attached hydrogens (tertiary/aromatic N) is 2. The van der Waals surface area contributed by atoms with Gasteiger partial charge in [-0.15, -0.1) is 0 Å². The number of aryl methyl sites for hydroxylation is 1. The molecule has 0 aliphatic heterocycles. The summed E-state index contributed by atoms with van der Waals surface area (Å²) in [5.41, 5.74) is 1.78.